The van der Waals surface area contributed by atoms with E-state index in [-0.39, 0.29) is 6.42 Å². The molecule has 0 amide bonds. The third-order valence-electron chi connectivity index (χ3n) is 3.47. The molecule has 25 heavy (non-hydrogen) atoms. The largest absolute Gasteiger partial charge is 0.517 e. The summed E-state index contributed by atoms with van der Waals surface area (Å²) in [6, 6.07) is 9.52. The smallest absolute Gasteiger partial charge is 0.481 e. The van der Waals surface area contributed by atoms with E-state index in [0.717, 1.165) is 5.56 Å². The lowest BCUT2D eigenvalue weighted by molar-refractivity contribution is -0.151. The van der Waals surface area contributed by atoms with Gasteiger partial charge in [0.05, 0.1) is 19.4 Å². The molecule has 1 N–H and O–H groups in total. The van der Waals surface area contributed by atoms with Gasteiger partial charge in [0, 0.05) is 0 Å². The van der Waals surface area contributed by atoms with Crippen molar-refractivity contribution in [3.05, 3.63) is 35.9 Å². The van der Waals surface area contributed by atoms with E-state index in [2.05, 4.69) is 16.6 Å². The van der Waals surface area contributed by atoms with Gasteiger partial charge in [-0.2, -0.15) is 0 Å². The number of aliphatic carboxylic acids is 1. The zero-order valence-electron chi connectivity index (χ0n) is 13.9. The third-order valence-corrected chi connectivity index (χ3v) is 3.47. The van der Waals surface area contributed by atoms with Crippen LogP contribution in [0, 0.1) is 11.8 Å². The maximum Gasteiger partial charge on any atom is 0.517 e. The second kappa shape index (κ2) is 7.36. The average Bonchev–Trinajstić information content (AvgIpc) is 2.79. The highest BCUT2D eigenvalue weighted by molar-refractivity contribution is 5.97. The molecule has 0 spiro atoms. The van der Waals surface area contributed by atoms with Crippen molar-refractivity contribution in [3.63, 3.8) is 0 Å². The zero-order valence-corrected chi connectivity index (χ0v) is 13.9. The quantitative estimate of drug-likeness (QED) is 0.479. The van der Waals surface area contributed by atoms with Gasteiger partial charge in [-0.15, -0.1) is 0 Å². The molecule has 0 aliphatic carbocycles. The number of carboxylic acids is 1. The van der Waals surface area contributed by atoms with Crippen LogP contribution in [-0.4, -0.2) is 34.4 Å². The molecule has 1 saturated heterocycles. The van der Waals surface area contributed by atoms with Gasteiger partial charge in [0.2, 0.25) is 5.60 Å². The van der Waals surface area contributed by atoms with Crippen LogP contribution in [0.1, 0.15) is 32.3 Å². The van der Waals surface area contributed by atoms with Gasteiger partial charge in [0.1, 0.15) is 5.60 Å². The van der Waals surface area contributed by atoms with Crippen LogP contribution in [-0.2, 0) is 30.4 Å². The Morgan fingerprint density at radius 1 is 1.28 bits per heavy atom. The van der Waals surface area contributed by atoms with Crippen molar-refractivity contribution in [1.82, 2.24) is 0 Å². The van der Waals surface area contributed by atoms with Crippen LogP contribution in [0.15, 0.2) is 30.3 Å². The topological polar surface area (TPSA) is 99.1 Å². The highest BCUT2D eigenvalue weighted by Crippen LogP contribution is 2.29. The van der Waals surface area contributed by atoms with Crippen LogP contribution in [0.5, 0.6) is 0 Å². The highest BCUT2D eigenvalue weighted by Gasteiger charge is 2.52. The molecule has 132 valence electrons. The summed E-state index contributed by atoms with van der Waals surface area (Å²) < 4.78 is 14.8. The predicted octanol–water partition coefficient (Wildman–Crippen LogP) is 2.28. The zero-order chi connectivity index (χ0) is 18.5. The van der Waals surface area contributed by atoms with E-state index >= 15 is 0 Å². The van der Waals surface area contributed by atoms with Crippen LogP contribution < -0.4 is 0 Å². The van der Waals surface area contributed by atoms with Gasteiger partial charge in [-0.05, 0) is 19.4 Å². The molecule has 0 saturated carbocycles. The van der Waals surface area contributed by atoms with Gasteiger partial charge in [-0.3, -0.25) is 4.79 Å². The van der Waals surface area contributed by atoms with Crippen LogP contribution in [0.4, 0.5) is 4.79 Å². The van der Waals surface area contributed by atoms with Gasteiger partial charge in [0.15, 0.2) is 0 Å². The van der Waals surface area contributed by atoms with Gasteiger partial charge in [0.25, 0.3) is 0 Å². The van der Waals surface area contributed by atoms with Crippen LogP contribution in [0.2, 0.25) is 0 Å². The first-order chi connectivity index (χ1) is 11.7. The van der Waals surface area contributed by atoms with Crippen molar-refractivity contribution in [2.24, 2.45) is 0 Å². The number of cyclic esters (lactones) is 3. The molecule has 1 aromatic carbocycles. The Morgan fingerprint density at radius 3 is 2.52 bits per heavy atom. The molecule has 1 heterocycles. The molecule has 0 aromatic heterocycles. The number of hydrogen-bond donors (Lipinski definition) is 1. The Balaban J connectivity index is 2.03. The summed E-state index contributed by atoms with van der Waals surface area (Å²) in [6.07, 6.45) is -2.22. The molecule has 7 nitrogen and oxygen atoms in total. The van der Waals surface area contributed by atoms with Crippen molar-refractivity contribution in [2.45, 2.75) is 44.5 Å². The molecular formula is C18H18O7. The van der Waals surface area contributed by atoms with Gasteiger partial charge in [-0.1, -0.05) is 42.2 Å². The van der Waals surface area contributed by atoms with E-state index in [1.54, 1.807) is 13.8 Å². The lowest BCUT2D eigenvalue weighted by Gasteiger charge is -2.20. The average molecular weight is 346 g/mol. The number of carbonyl (C=O) groups is 3. The van der Waals surface area contributed by atoms with E-state index in [9.17, 15) is 14.4 Å². The first kappa shape index (κ1) is 18.5. The molecule has 1 atom stereocenters. The number of benzene rings is 1. The van der Waals surface area contributed by atoms with Crippen molar-refractivity contribution in [1.29, 1.82) is 0 Å². The number of esters is 1. The highest BCUT2D eigenvalue weighted by atomic mass is 16.8. The first-order valence-electron chi connectivity index (χ1n) is 7.57. The molecule has 1 aromatic rings. The van der Waals surface area contributed by atoms with Crippen molar-refractivity contribution in [2.75, 3.05) is 0 Å². The minimum absolute atomic E-state index is 0.290. The number of carboxylic acid groups (broad SMARTS) is 1. The molecular weight excluding hydrogens is 328 g/mol. The van der Waals surface area contributed by atoms with Crippen molar-refractivity contribution >= 4 is 18.1 Å². The number of carbonyl (C=O) groups excluding carboxylic acids is 2. The minimum atomic E-state index is -1.91. The Morgan fingerprint density at radius 2 is 1.96 bits per heavy atom. The SMILES string of the molecule is CC(C)(C#CCC1(CC(=O)O)OC(=O)OC1=O)OCc1ccccc1. The van der Waals surface area contributed by atoms with Crippen LogP contribution >= 0.6 is 0 Å². The summed E-state index contributed by atoms with van der Waals surface area (Å²) in [4.78, 5) is 33.9. The van der Waals surface area contributed by atoms with Gasteiger partial charge >= 0.3 is 18.1 Å². The summed E-state index contributed by atoms with van der Waals surface area (Å²) in [7, 11) is 0. The summed E-state index contributed by atoms with van der Waals surface area (Å²) in [5, 5.41) is 8.94. The molecule has 0 radical (unpaired) electrons. The molecule has 1 aliphatic heterocycles. The molecule has 1 fully saturated rings. The standard InChI is InChI=1S/C18H18O7/c1-17(2,23-12-13-7-4-3-5-8-13)9-6-10-18(11-14(19)20)15(21)24-16(22)25-18/h3-5,7-8H,10-12H2,1-2H3,(H,19,20). The van der Waals surface area contributed by atoms with Gasteiger partial charge in [-0.25, -0.2) is 9.59 Å². The maximum absolute atomic E-state index is 11.8. The fourth-order valence-corrected chi connectivity index (χ4v) is 2.19. The maximum atomic E-state index is 11.8. The van der Waals surface area contributed by atoms with Crippen molar-refractivity contribution in [3.8, 4) is 11.8 Å². The van der Waals surface area contributed by atoms with Crippen molar-refractivity contribution < 1.29 is 33.7 Å². The Bertz CT molecular complexity index is 727. The first-order valence-corrected chi connectivity index (χ1v) is 7.57. The van der Waals surface area contributed by atoms with E-state index in [1.165, 1.54) is 0 Å². The lowest BCUT2D eigenvalue weighted by Crippen LogP contribution is -2.38. The number of ether oxygens (including phenoxy) is 3. The lowest BCUT2D eigenvalue weighted by atomic mass is 9.95. The van der Waals surface area contributed by atoms with Gasteiger partial charge < -0.3 is 19.3 Å². The molecule has 1 unspecified atom stereocenters. The third kappa shape index (κ3) is 5.06. The summed E-state index contributed by atoms with van der Waals surface area (Å²) in [5.41, 5.74) is -1.77. The Kier molecular flexibility index (Phi) is 5.45. The minimum Gasteiger partial charge on any atom is -0.481 e. The summed E-state index contributed by atoms with van der Waals surface area (Å²) in [6.45, 7) is 3.83. The Labute approximate surface area is 144 Å². The molecule has 0 bridgehead atoms. The van der Waals surface area contributed by atoms with E-state index in [1.807, 2.05) is 30.3 Å². The van der Waals surface area contributed by atoms with E-state index < -0.39 is 35.7 Å². The second-order valence-electron chi connectivity index (χ2n) is 6.07. The summed E-state index contributed by atoms with van der Waals surface area (Å²) in [5.74, 6) is 3.17. The number of rotatable bonds is 6. The molecule has 7 heteroatoms. The Hall–Kier alpha value is -2.85. The monoisotopic (exact) mass is 346 g/mol. The fraction of sp³-hybridized carbons (Fsp3) is 0.389. The second-order valence-corrected chi connectivity index (χ2v) is 6.07. The van der Waals surface area contributed by atoms with E-state index in [0.29, 0.717) is 6.61 Å². The molecule has 2 rings (SSSR count). The fourth-order valence-electron chi connectivity index (χ4n) is 2.19. The van der Waals surface area contributed by atoms with Crippen LogP contribution in [0.25, 0.3) is 0 Å². The normalized spacial score (nSPS) is 19.6. The number of hydrogen-bond acceptors (Lipinski definition) is 6. The summed E-state index contributed by atoms with van der Waals surface area (Å²) >= 11 is 0. The molecule has 1 aliphatic rings. The van der Waals surface area contributed by atoms with E-state index in [4.69, 9.17) is 14.6 Å². The van der Waals surface area contributed by atoms with Crippen LogP contribution in [0.3, 0.4) is 0 Å². The predicted molar refractivity (Wildman–Crippen MR) is 85.3 cm³/mol.